The summed E-state index contributed by atoms with van der Waals surface area (Å²) in [6.45, 7) is 12.9. The fourth-order valence-corrected chi connectivity index (χ4v) is 10.5. The minimum absolute atomic E-state index is 0.556. The van der Waals surface area contributed by atoms with Crippen LogP contribution in [0.3, 0.4) is 0 Å². The van der Waals surface area contributed by atoms with E-state index in [1.54, 1.807) is 0 Å². The zero-order chi connectivity index (χ0) is 43.6. The van der Waals surface area contributed by atoms with E-state index >= 15 is 10.2 Å². The van der Waals surface area contributed by atoms with Gasteiger partial charge in [-0.25, -0.2) is 0 Å². The smallest absolute Gasteiger partial charge is 0.0466 e. The number of anilines is 4. The molecule has 1 saturated carbocycles. The van der Waals surface area contributed by atoms with Gasteiger partial charge in [-0.15, -0.1) is 12.2 Å². The molecule has 6 aromatic rings. The van der Waals surface area contributed by atoms with E-state index in [-0.39, 0.29) is 0 Å². The first-order valence-electron chi connectivity index (χ1n) is 24.6. The van der Waals surface area contributed by atoms with Crippen LogP contribution in [0.15, 0.2) is 84.9 Å². The molecule has 0 heterocycles. The van der Waals surface area contributed by atoms with Crippen LogP contribution in [0.5, 0.6) is 0 Å². The number of unbranched alkanes of at least 4 members (excludes halogenated alkanes) is 12. The summed E-state index contributed by atoms with van der Waals surface area (Å²) in [5.74, 6) is -1.58. The second-order valence-electron chi connectivity index (χ2n) is 18.5. The zero-order valence-corrected chi connectivity index (χ0v) is 38.4. The molecule has 1 aliphatic rings. The first-order chi connectivity index (χ1) is 30.3. The van der Waals surface area contributed by atoms with Gasteiger partial charge in [0.2, 0.25) is 0 Å². The first kappa shape index (κ1) is 45.5. The molecule has 0 aliphatic heterocycles. The maximum atomic E-state index is 15.1. The molecule has 0 aromatic heterocycles. The summed E-state index contributed by atoms with van der Waals surface area (Å²) in [6.07, 6.45) is 16.5. The molecule has 0 radical (unpaired) electrons. The molecule has 4 N–H and O–H groups in total. The van der Waals surface area contributed by atoms with E-state index in [9.17, 15) is 0 Å². The van der Waals surface area contributed by atoms with Crippen LogP contribution in [0.4, 0.5) is 22.7 Å². The molecule has 1 fully saturated rings. The molecule has 0 spiro atoms. The maximum absolute atomic E-state index is 15.1. The van der Waals surface area contributed by atoms with E-state index < -0.39 is 24.0 Å². The van der Waals surface area contributed by atoms with Crippen molar-refractivity contribution in [2.75, 3.05) is 47.4 Å². The van der Waals surface area contributed by atoms with Crippen LogP contribution in [0, 0.1) is 0 Å². The molecular formula is C56H74N4O2-2. The van der Waals surface area contributed by atoms with Crippen LogP contribution in [-0.2, 0) is 0 Å². The lowest BCUT2D eigenvalue weighted by molar-refractivity contribution is -0.535. The van der Waals surface area contributed by atoms with Gasteiger partial charge in [0.05, 0.1) is 0 Å². The molecular weight excluding hydrogens is 761 g/mol. The van der Waals surface area contributed by atoms with Crippen LogP contribution in [0.2, 0.25) is 0 Å². The molecule has 62 heavy (non-hydrogen) atoms. The molecule has 332 valence electrons. The van der Waals surface area contributed by atoms with Gasteiger partial charge in [0.1, 0.15) is 0 Å². The van der Waals surface area contributed by atoms with E-state index in [2.05, 4.69) is 122 Å². The topological polar surface area (TPSA) is 105 Å². The Kier molecular flexibility index (Phi) is 15.9. The molecule has 0 unspecified atom stereocenters. The maximum Gasteiger partial charge on any atom is 0.0466 e. The van der Waals surface area contributed by atoms with Crippen LogP contribution in [-0.4, -0.2) is 38.4 Å². The molecule has 6 heteroatoms. The van der Waals surface area contributed by atoms with Gasteiger partial charge in [-0.1, -0.05) is 153 Å². The Morgan fingerprint density at radius 2 is 0.694 bits per heavy atom. The highest BCUT2D eigenvalue weighted by atomic mass is 16.3. The molecule has 6 aromatic carbocycles. The Bertz CT molecular complexity index is 2190. The molecule has 7 rings (SSSR count). The second kappa shape index (κ2) is 21.7. The molecule has 0 atom stereocenters. The van der Waals surface area contributed by atoms with Crippen molar-refractivity contribution in [1.82, 2.24) is 0 Å². The van der Waals surface area contributed by atoms with Crippen molar-refractivity contribution in [2.45, 2.75) is 154 Å². The Morgan fingerprint density at radius 1 is 0.403 bits per heavy atom. The summed E-state index contributed by atoms with van der Waals surface area (Å²) < 4.78 is 0. The Hall–Kier alpha value is -4.52. The highest BCUT2D eigenvalue weighted by molar-refractivity contribution is 6.09. The second-order valence-corrected chi connectivity index (χ2v) is 18.5. The summed E-state index contributed by atoms with van der Waals surface area (Å²) in [5, 5.41) is 38.7. The number of fused-ring (bicyclic) bond motifs is 4. The largest absolute Gasteiger partial charge is 0.851 e. The summed E-state index contributed by atoms with van der Waals surface area (Å²) in [6, 6.07) is 30.0. The summed E-state index contributed by atoms with van der Waals surface area (Å²) in [4.78, 5) is 5.07. The number of benzene rings is 6. The molecule has 0 amide bonds. The van der Waals surface area contributed by atoms with Crippen molar-refractivity contribution in [2.24, 2.45) is 0 Å². The molecule has 6 nitrogen and oxygen atoms in total. The average Bonchev–Trinajstić information content (AvgIpc) is 3.28. The van der Waals surface area contributed by atoms with Gasteiger partial charge in [0.15, 0.2) is 0 Å². The zero-order valence-electron chi connectivity index (χ0n) is 38.4. The Morgan fingerprint density at radius 3 is 0.984 bits per heavy atom. The molecule has 0 saturated heterocycles. The van der Waals surface area contributed by atoms with Gasteiger partial charge in [-0.05, 0) is 117 Å². The number of nitrogens with two attached hydrogens (primary N) is 2. The fraction of sp³-hybridized carbons (Fsp3) is 0.500. The lowest BCUT2D eigenvalue weighted by atomic mass is 9.61. The van der Waals surface area contributed by atoms with Gasteiger partial charge in [0, 0.05) is 59.7 Å². The minimum atomic E-state index is -1.19. The van der Waals surface area contributed by atoms with Crippen molar-refractivity contribution in [3.8, 4) is 0 Å². The SMILES string of the molecule is CCCCCCN(CCCCCC)c1cc(N)c(C2C([O-])C(c3c(N)cc(N(CCCCCC)CCCCCC)c4cc5ccccc5cc34)C2[O-])c2cc3ccccc3cc12. The Labute approximate surface area is 372 Å². The number of rotatable bonds is 24. The minimum Gasteiger partial charge on any atom is -0.851 e. The van der Waals surface area contributed by atoms with Crippen LogP contribution in [0.1, 0.15) is 153 Å². The molecule has 0 bridgehead atoms. The van der Waals surface area contributed by atoms with Gasteiger partial charge in [-0.3, -0.25) is 0 Å². The van der Waals surface area contributed by atoms with Crippen molar-refractivity contribution in [1.29, 1.82) is 0 Å². The molecule has 1 aliphatic carbocycles. The highest BCUT2D eigenvalue weighted by Gasteiger charge is 2.42. The quantitative estimate of drug-likeness (QED) is 0.0357. The monoisotopic (exact) mass is 835 g/mol. The van der Waals surface area contributed by atoms with Gasteiger partial charge in [0.25, 0.3) is 0 Å². The highest BCUT2D eigenvalue weighted by Crippen LogP contribution is 2.54. The van der Waals surface area contributed by atoms with Crippen molar-refractivity contribution < 1.29 is 10.2 Å². The van der Waals surface area contributed by atoms with E-state index in [1.165, 1.54) is 77.0 Å². The number of hydrogen-bond acceptors (Lipinski definition) is 6. The summed E-state index contributed by atoms with van der Waals surface area (Å²) in [5.41, 5.74) is 19.1. The Balaban J connectivity index is 1.31. The van der Waals surface area contributed by atoms with Crippen molar-refractivity contribution >= 4 is 65.8 Å². The van der Waals surface area contributed by atoms with Crippen molar-refractivity contribution in [3.63, 3.8) is 0 Å². The third-order valence-electron chi connectivity index (χ3n) is 14.0. The van der Waals surface area contributed by atoms with E-state index in [1.807, 2.05) is 0 Å². The standard InChI is InChI=1S/C56H74N4O2/c1-5-9-13-21-29-59(30-22-14-10-6-2)49-37-47(57)51(45-35-41-27-19-17-25-39(41)33-43(45)49)53-55(61)54(56(53)62)52-46-36-42-28-20-18-26-40(42)34-44(46)50(38-48(52)58)60(31-23-15-11-7-3)32-24-16-12-8-4/h17-20,25-28,33-38,53-56H,5-16,21-24,29-32,57-58H2,1-4H3/q-2. The first-order valence-corrected chi connectivity index (χ1v) is 24.6. The fourth-order valence-electron chi connectivity index (χ4n) is 10.5. The van der Waals surface area contributed by atoms with Crippen molar-refractivity contribution in [3.05, 3.63) is 96.1 Å². The van der Waals surface area contributed by atoms with Crippen LogP contribution >= 0.6 is 0 Å². The van der Waals surface area contributed by atoms with Crippen LogP contribution < -0.4 is 31.5 Å². The average molecular weight is 835 g/mol. The van der Waals surface area contributed by atoms with E-state index in [0.717, 1.165) is 117 Å². The van der Waals surface area contributed by atoms with E-state index in [0.29, 0.717) is 11.4 Å². The normalized spacial score (nSPS) is 17.6. The van der Waals surface area contributed by atoms with E-state index in [4.69, 9.17) is 11.5 Å². The predicted molar refractivity (Wildman–Crippen MR) is 266 cm³/mol. The lowest BCUT2D eigenvalue weighted by Gasteiger charge is -2.62. The number of nitrogens with zero attached hydrogens (tertiary/aromatic N) is 2. The van der Waals surface area contributed by atoms with Gasteiger partial charge >= 0.3 is 0 Å². The third-order valence-corrected chi connectivity index (χ3v) is 14.0. The predicted octanol–water partition coefficient (Wildman–Crippen LogP) is 12.7. The summed E-state index contributed by atoms with van der Waals surface area (Å²) >= 11 is 0. The number of hydrogen-bond donors (Lipinski definition) is 2. The summed E-state index contributed by atoms with van der Waals surface area (Å²) in [7, 11) is 0. The third kappa shape index (κ3) is 9.82. The number of nitrogen functional groups attached to an aromatic ring is 2. The van der Waals surface area contributed by atoms with Crippen LogP contribution in [0.25, 0.3) is 43.1 Å². The van der Waals surface area contributed by atoms with Gasteiger partial charge < -0.3 is 31.5 Å². The lowest BCUT2D eigenvalue weighted by Crippen LogP contribution is -2.64. The van der Waals surface area contributed by atoms with Gasteiger partial charge in [-0.2, -0.15) is 0 Å².